The molecule has 1 atom stereocenters. The molecule has 146 valence electrons. The van der Waals surface area contributed by atoms with Crippen LogP contribution in [0.3, 0.4) is 0 Å². The summed E-state index contributed by atoms with van der Waals surface area (Å²) in [5.74, 6) is 0.464. The standard InChI is InChI=1S/C23H20ClN3O2/c1-29-20-8-3-2-5-16(20)21-17(13-25)23(26)27(15-11-9-14(24)10-12-15)18-6-4-7-19(28)22(18)21/h2-3,5,8-12,21H,4,6-7,26H2,1H3/t21-/m1/s1. The van der Waals surface area contributed by atoms with Gasteiger partial charge in [0.15, 0.2) is 5.78 Å². The van der Waals surface area contributed by atoms with Gasteiger partial charge in [0.2, 0.25) is 0 Å². The Morgan fingerprint density at radius 3 is 2.59 bits per heavy atom. The summed E-state index contributed by atoms with van der Waals surface area (Å²) in [5.41, 5.74) is 9.90. The van der Waals surface area contributed by atoms with Gasteiger partial charge in [-0.05, 0) is 43.2 Å². The number of anilines is 1. The molecule has 0 radical (unpaired) electrons. The highest BCUT2D eigenvalue weighted by atomic mass is 35.5. The number of halogens is 1. The largest absolute Gasteiger partial charge is 0.496 e. The zero-order chi connectivity index (χ0) is 20.5. The Bertz CT molecular complexity index is 1080. The van der Waals surface area contributed by atoms with Crippen LogP contribution in [0.1, 0.15) is 30.7 Å². The number of nitrogens with zero attached hydrogens (tertiary/aromatic N) is 2. The quantitative estimate of drug-likeness (QED) is 0.803. The molecule has 4 rings (SSSR count). The normalized spacial score (nSPS) is 19.1. The summed E-state index contributed by atoms with van der Waals surface area (Å²) in [7, 11) is 1.58. The van der Waals surface area contributed by atoms with E-state index in [1.165, 1.54) is 0 Å². The van der Waals surface area contributed by atoms with Gasteiger partial charge in [-0.1, -0.05) is 29.8 Å². The lowest BCUT2D eigenvalue weighted by Crippen LogP contribution is -2.38. The van der Waals surface area contributed by atoms with Crippen molar-refractivity contribution in [3.05, 3.63) is 81.8 Å². The van der Waals surface area contributed by atoms with E-state index in [1.807, 2.05) is 41.3 Å². The van der Waals surface area contributed by atoms with Gasteiger partial charge in [0.1, 0.15) is 11.6 Å². The van der Waals surface area contributed by atoms with Gasteiger partial charge < -0.3 is 10.5 Å². The van der Waals surface area contributed by atoms with Crippen LogP contribution < -0.4 is 15.4 Å². The predicted molar refractivity (Wildman–Crippen MR) is 112 cm³/mol. The molecule has 6 heteroatoms. The Labute approximate surface area is 174 Å². The van der Waals surface area contributed by atoms with E-state index in [-0.39, 0.29) is 5.78 Å². The summed E-state index contributed by atoms with van der Waals surface area (Å²) >= 11 is 6.05. The van der Waals surface area contributed by atoms with Gasteiger partial charge in [-0.25, -0.2) is 0 Å². The third kappa shape index (κ3) is 3.16. The maximum Gasteiger partial charge on any atom is 0.161 e. The van der Waals surface area contributed by atoms with E-state index in [0.29, 0.717) is 40.6 Å². The number of rotatable bonds is 3. The molecular formula is C23H20ClN3O2. The molecule has 1 aliphatic carbocycles. The number of benzene rings is 2. The van der Waals surface area contributed by atoms with Crippen molar-refractivity contribution in [2.75, 3.05) is 12.0 Å². The van der Waals surface area contributed by atoms with E-state index in [2.05, 4.69) is 6.07 Å². The number of hydrogen-bond donors (Lipinski definition) is 1. The maximum absolute atomic E-state index is 13.1. The minimum absolute atomic E-state index is 0.0429. The highest BCUT2D eigenvalue weighted by Gasteiger charge is 2.41. The van der Waals surface area contributed by atoms with Crippen molar-refractivity contribution in [3.8, 4) is 11.8 Å². The summed E-state index contributed by atoms with van der Waals surface area (Å²) in [4.78, 5) is 14.9. The van der Waals surface area contributed by atoms with Crippen molar-refractivity contribution < 1.29 is 9.53 Å². The monoisotopic (exact) mass is 405 g/mol. The van der Waals surface area contributed by atoms with Gasteiger partial charge in [0.05, 0.1) is 24.7 Å². The van der Waals surface area contributed by atoms with Crippen LogP contribution in [0.15, 0.2) is 71.2 Å². The lowest BCUT2D eigenvalue weighted by Gasteiger charge is -2.39. The van der Waals surface area contributed by atoms with Gasteiger partial charge in [-0.3, -0.25) is 9.69 Å². The third-order valence-electron chi connectivity index (χ3n) is 5.45. The number of Topliss-reactive ketones (excluding diaryl/α,β-unsaturated/α-hetero) is 1. The van der Waals surface area contributed by atoms with E-state index >= 15 is 0 Å². The van der Waals surface area contributed by atoms with Crippen molar-refractivity contribution in [2.45, 2.75) is 25.2 Å². The van der Waals surface area contributed by atoms with Crippen LogP contribution in [0.4, 0.5) is 5.69 Å². The Balaban J connectivity index is 1.98. The van der Waals surface area contributed by atoms with Crippen LogP contribution in [-0.2, 0) is 4.79 Å². The number of ketones is 1. The molecule has 2 aromatic rings. The molecule has 0 spiro atoms. The van der Waals surface area contributed by atoms with E-state index in [0.717, 1.165) is 23.4 Å². The number of hydrogen-bond acceptors (Lipinski definition) is 5. The minimum Gasteiger partial charge on any atom is -0.496 e. The van der Waals surface area contributed by atoms with Crippen LogP contribution in [0.5, 0.6) is 5.75 Å². The molecule has 0 unspecified atom stereocenters. The summed E-state index contributed by atoms with van der Waals surface area (Å²) in [6.07, 6.45) is 1.90. The molecule has 1 aliphatic heterocycles. The van der Waals surface area contributed by atoms with Crippen LogP contribution >= 0.6 is 11.6 Å². The van der Waals surface area contributed by atoms with Crippen molar-refractivity contribution in [1.82, 2.24) is 0 Å². The molecule has 0 saturated carbocycles. The van der Waals surface area contributed by atoms with Gasteiger partial charge in [-0.2, -0.15) is 5.26 Å². The molecular weight excluding hydrogens is 386 g/mol. The van der Waals surface area contributed by atoms with Crippen LogP contribution in [0.25, 0.3) is 0 Å². The molecule has 29 heavy (non-hydrogen) atoms. The first kappa shape index (κ1) is 19.1. The molecule has 0 fully saturated rings. The van der Waals surface area contributed by atoms with Gasteiger partial charge in [0, 0.05) is 34.0 Å². The fourth-order valence-corrected chi connectivity index (χ4v) is 4.31. The fraction of sp³-hybridized carbons (Fsp3) is 0.217. The molecule has 0 saturated heterocycles. The second-order valence-electron chi connectivity index (χ2n) is 7.03. The smallest absolute Gasteiger partial charge is 0.161 e. The van der Waals surface area contributed by atoms with Gasteiger partial charge in [0.25, 0.3) is 0 Å². The predicted octanol–water partition coefficient (Wildman–Crippen LogP) is 4.65. The number of ether oxygens (including phenoxy) is 1. The number of carbonyl (C=O) groups excluding carboxylic acids is 1. The first-order valence-corrected chi connectivity index (χ1v) is 9.79. The molecule has 1 heterocycles. The number of methoxy groups -OCH3 is 1. The van der Waals surface area contributed by atoms with E-state index < -0.39 is 5.92 Å². The highest BCUT2D eigenvalue weighted by molar-refractivity contribution is 6.30. The van der Waals surface area contributed by atoms with Crippen molar-refractivity contribution in [1.29, 1.82) is 5.26 Å². The Hall–Kier alpha value is -3.23. The van der Waals surface area contributed by atoms with Crippen molar-refractivity contribution in [2.24, 2.45) is 5.73 Å². The third-order valence-corrected chi connectivity index (χ3v) is 5.70. The molecule has 0 bridgehead atoms. The van der Waals surface area contributed by atoms with Crippen molar-refractivity contribution in [3.63, 3.8) is 0 Å². The number of para-hydroxylation sites is 1. The second kappa shape index (κ2) is 7.65. The van der Waals surface area contributed by atoms with Crippen LogP contribution in [0.2, 0.25) is 5.02 Å². The van der Waals surface area contributed by atoms with Gasteiger partial charge in [-0.15, -0.1) is 0 Å². The average Bonchev–Trinajstić information content (AvgIpc) is 2.74. The zero-order valence-electron chi connectivity index (χ0n) is 16.0. The van der Waals surface area contributed by atoms with E-state index in [1.54, 1.807) is 19.2 Å². The molecule has 2 aromatic carbocycles. The molecule has 2 N–H and O–H groups in total. The van der Waals surface area contributed by atoms with E-state index in [4.69, 9.17) is 22.1 Å². The lowest BCUT2D eigenvalue weighted by atomic mass is 9.75. The van der Waals surface area contributed by atoms with Gasteiger partial charge >= 0.3 is 0 Å². The first-order valence-electron chi connectivity index (χ1n) is 9.41. The number of nitriles is 1. The molecule has 2 aliphatic rings. The Kier molecular flexibility index (Phi) is 5.04. The molecule has 5 nitrogen and oxygen atoms in total. The summed E-state index contributed by atoms with van der Waals surface area (Å²) in [5, 5.41) is 10.6. The SMILES string of the molecule is COc1ccccc1[C@@H]1C(C#N)=C(N)N(c2ccc(Cl)cc2)C2=C1C(=O)CCC2. The van der Waals surface area contributed by atoms with Crippen molar-refractivity contribution >= 4 is 23.1 Å². The van der Waals surface area contributed by atoms with Crippen LogP contribution in [-0.4, -0.2) is 12.9 Å². The Morgan fingerprint density at radius 1 is 1.17 bits per heavy atom. The Morgan fingerprint density at radius 2 is 1.90 bits per heavy atom. The maximum atomic E-state index is 13.1. The average molecular weight is 406 g/mol. The fourth-order valence-electron chi connectivity index (χ4n) is 4.19. The second-order valence-corrected chi connectivity index (χ2v) is 7.47. The topological polar surface area (TPSA) is 79.3 Å². The number of carbonyl (C=O) groups is 1. The van der Waals surface area contributed by atoms with E-state index in [9.17, 15) is 10.1 Å². The lowest BCUT2D eigenvalue weighted by molar-refractivity contribution is -0.116. The number of nitrogens with two attached hydrogens (primary N) is 1. The van der Waals surface area contributed by atoms with Crippen LogP contribution in [0, 0.1) is 11.3 Å². The molecule has 0 aromatic heterocycles. The highest BCUT2D eigenvalue weighted by Crippen LogP contribution is 2.48. The summed E-state index contributed by atoms with van der Waals surface area (Å²) in [6, 6.07) is 17.0. The summed E-state index contributed by atoms with van der Waals surface area (Å²) < 4.78 is 5.53. The molecule has 0 amide bonds. The number of allylic oxidation sites excluding steroid dienone is 3. The zero-order valence-corrected chi connectivity index (χ0v) is 16.7. The summed E-state index contributed by atoms with van der Waals surface area (Å²) in [6.45, 7) is 0. The minimum atomic E-state index is -0.539. The first-order chi connectivity index (χ1) is 14.1.